The summed E-state index contributed by atoms with van der Waals surface area (Å²) in [6, 6.07) is 8.23. The van der Waals surface area contributed by atoms with E-state index in [9.17, 15) is 0 Å². The molecule has 19 heavy (non-hydrogen) atoms. The number of imidazole rings is 1. The molecular weight excluding hydrogens is 236 g/mol. The smallest absolute Gasteiger partial charge is 0.143 e. The summed E-state index contributed by atoms with van der Waals surface area (Å²) in [5, 5.41) is 0. The zero-order valence-corrected chi connectivity index (χ0v) is 11.1. The molecule has 0 unspecified atom stereocenters. The summed E-state index contributed by atoms with van der Waals surface area (Å²) in [4.78, 5) is 8.76. The molecule has 3 aromatic rings. The summed E-state index contributed by atoms with van der Waals surface area (Å²) < 4.78 is 2.18. The van der Waals surface area contributed by atoms with Gasteiger partial charge in [0.25, 0.3) is 0 Å². The van der Waals surface area contributed by atoms with Crippen molar-refractivity contribution >= 4 is 16.7 Å². The minimum absolute atomic E-state index is 0.657. The highest BCUT2D eigenvalue weighted by Gasteiger charge is 2.13. The van der Waals surface area contributed by atoms with E-state index < -0.39 is 0 Å². The van der Waals surface area contributed by atoms with Gasteiger partial charge in [0, 0.05) is 18.3 Å². The Morgan fingerprint density at radius 2 is 2.11 bits per heavy atom. The van der Waals surface area contributed by atoms with Crippen molar-refractivity contribution in [3.8, 4) is 11.4 Å². The van der Waals surface area contributed by atoms with E-state index in [-0.39, 0.29) is 0 Å². The Labute approximate surface area is 111 Å². The number of anilines is 1. The molecule has 0 fully saturated rings. The van der Waals surface area contributed by atoms with Crippen molar-refractivity contribution in [3.63, 3.8) is 0 Å². The second-order valence-corrected chi connectivity index (χ2v) is 4.63. The highest BCUT2D eigenvalue weighted by atomic mass is 15.1. The Balaban J connectivity index is 2.32. The van der Waals surface area contributed by atoms with E-state index in [2.05, 4.69) is 41.6 Å². The van der Waals surface area contributed by atoms with E-state index in [1.54, 1.807) is 12.4 Å². The molecule has 3 rings (SSSR count). The largest absolute Gasteiger partial charge is 0.397 e. The van der Waals surface area contributed by atoms with Gasteiger partial charge in [-0.2, -0.15) is 0 Å². The predicted molar refractivity (Wildman–Crippen MR) is 77.8 cm³/mol. The first kappa shape index (κ1) is 11.7. The molecule has 0 aliphatic heterocycles. The molecule has 0 bridgehead atoms. The quantitative estimate of drug-likeness (QED) is 0.762. The lowest BCUT2D eigenvalue weighted by Gasteiger charge is -2.07. The second kappa shape index (κ2) is 4.39. The maximum atomic E-state index is 6.01. The SMILES string of the molecule is CCn1c(-c2ccncc2N)nc2cc(C)ccc21. The minimum atomic E-state index is 0.657. The fourth-order valence-corrected chi connectivity index (χ4v) is 2.38. The summed E-state index contributed by atoms with van der Waals surface area (Å²) in [6.07, 6.45) is 3.41. The Morgan fingerprint density at radius 3 is 2.84 bits per heavy atom. The highest BCUT2D eigenvalue weighted by Crippen LogP contribution is 2.28. The third-order valence-electron chi connectivity index (χ3n) is 3.31. The standard InChI is InChI=1S/C15H16N4/c1-3-19-14-5-4-10(2)8-13(14)18-15(19)11-6-7-17-9-12(11)16/h4-9H,3,16H2,1-2H3. The van der Waals surface area contributed by atoms with Crippen LogP contribution in [0.2, 0.25) is 0 Å². The molecule has 0 radical (unpaired) electrons. The van der Waals surface area contributed by atoms with Crippen LogP contribution in [0.25, 0.3) is 22.4 Å². The molecule has 2 N–H and O–H groups in total. The third kappa shape index (κ3) is 1.85. The van der Waals surface area contributed by atoms with Crippen LogP contribution in [-0.4, -0.2) is 14.5 Å². The summed E-state index contributed by atoms with van der Waals surface area (Å²) >= 11 is 0. The van der Waals surface area contributed by atoms with Gasteiger partial charge in [-0.25, -0.2) is 4.98 Å². The van der Waals surface area contributed by atoms with Gasteiger partial charge in [0.1, 0.15) is 5.82 Å². The van der Waals surface area contributed by atoms with Crippen molar-refractivity contribution in [2.24, 2.45) is 0 Å². The molecule has 0 aliphatic carbocycles. The normalized spacial score (nSPS) is 11.1. The van der Waals surface area contributed by atoms with E-state index in [1.807, 2.05) is 6.07 Å². The van der Waals surface area contributed by atoms with Crippen LogP contribution in [0.3, 0.4) is 0 Å². The van der Waals surface area contributed by atoms with Crippen molar-refractivity contribution in [2.75, 3.05) is 5.73 Å². The average molecular weight is 252 g/mol. The lowest BCUT2D eigenvalue weighted by molar-refractivity contribution is 0.796. The summed E-state index contributed by atoms with van der Waals surface area (Å²) in [5.74, 6) is 0.906. The Kier molecular flexibility index (Phi) is 2.71. The third-order valence-corrected chi connectivity index (χ3v) is 3.31. The molecule has 0 spiro atoms. The van der Waals surface area contributed by atoms with Crippen molar-refractivity contribution in [2.45, 2.75) is 20.4 Å². The van der Waals surface area contributed by atoms with Gasteiger partial charge in [-0.15, -0.1) is 0 Å². The van der Waals surface area contributed by atoms with E-state index >= 15 is 0 Å². The topological polar surface area (TPSA) is 56.7 Å². The molecule has 0 aliphatic rings. The fraction of sp³-hybridized carbons (Fsp3) is 0.200. The first-order valence-corrected chi connectivity index (χ1v) is 6.37. The number of nitrogen functional groups attached to an aromatic ring is 1. The second-order valence-electron chi connectivity index (χ2n) is 4.63. The number of benzene rings is 1. The molecule has 4 nitrogen and oxygen atoms in total. The molecule has 2 aromatic heterocycles. The number of hydrogen-bond acceptors (Lipinski definition) is 3. The lowest BCUT2D eigenvalue weighted by atomic mass is 10.2. The number of aromatic nitrogens is 3. The van der Waals surface area contributed by atoms with E-state index in [0.717, 1.165) is 29.0 Å². The highest BCUT2D eigenvalue weighted by molar-refractivity contribution is 5.83. The van der Waals surface area contributed by atoms with Gasteiger partial charge in [0.2, 0.25) is 0 Å². The fourth-order valence-electron chi connectivity index (χ4n) is 2.38. The number of pyridine rings is 1. The van der Waals surface area contributed by atoms with Gasteiger partial charge < -0.3 is 10.3 Å². The Bertz CT molecular complexity index is 743. The van der Waals surface area contributed by atoms with Gasteiger partial charge in [-0.1, -0.05) is 6.07 Å². The van der Waals surface area contributed by atoms with Crippen LogP contribution in [0, 0.1) is 6.92 Å². The van der Waals surface area contributed by atoms with E-state index in [0.29, 0.717) is 5.69 Å². The summed E-state index contributed by atoms with van der Waals surface area (Å²) in [7, 11) is 0. The van der Waals surface area contributed by atoms with Crippen molar-refractivity contribution in [1.29, 1.82) is 0 Å². The van der Waals surface area contributed by atoms with Crippen LogP contribution < -0.4 is 5.73 Å². The van der Waals surface area contributed by atoms with Crippen LogP contribution in [0.15, 0.2) is 36.7 Å². The molecular formula is C15H16N4. The molecule has 1 aromatic carbocycles. The number of nitrogens with two attached hydrogens (primary N) is 1. The molecule has 0 amide bonds. The Hall–Kier alpha value is -2.36. The number of fused-ring (bicyclic) bond motifs is 1. The van der Waals surface area contributed by atoms with Crippen molar-refractivity contribution in [1.82, 2.24) is 14.5 Å². The predicted octanol–water partition coefficient (Wildman–Crippen LogP) is 3.01. The van der Waals surface area contributed by atoms with E-state index in [1.165, 1.54) is 5.56 Å². The summed E-state index contributed by atoms with van der Waals surface area (Å²) in [6.45, 7) is 5.05. The van der Waals surface area contributed by atoms with Crippen molar-refractivity contribution < 1.29 is 0 Å². The van der Waals surface area contributed by atoms with Crippen molar-refractivity contribution in [3.05, 3.63) is 42.2 Å². The average Bonchev–Trinajstić information content (AvgIpc) is 2.76. The monoisotopic (exact) mass is 252 g/mol. The maximum absolute atomic E-state index is 6.01. The lowest BCUT2D eigenvalue weighted by Crippen LogP contribution is -2.00. The van der Waals surface area contributed by atoms with Gasteiger partial charge in [0.05, 0.1) is 22.9 Å². The number of rotatable bonds is 2. The number of nitrogens with zero attached hydrogens (tertiary/aromatic N) is 3. The van der Waals surface area contributed by atoms with Crippen LogP contribution in [0.1, 0.15) is 12.5 Å². The zero-order valence-electron chi connectivity index (χ0n) is 11.1. The zero-order chi connectivity index (χ0) is 13.4. The molecule has 4 heteroatoms. The van der Waals surface area contributed by atoms with Crippen LogP contribution in [0.5, 0.6) is 0 Å². The van der Waals surface area contributed by atoms with Gasteiger partial charge >= 0.3 is 0 Å². The van der Waals surface area contributed by atoms with Crippen LogP contribution in [0.4, 0.5) is 5.69 Å². The molecule has 0 atom stereocenters. The van der Waals surface area contributed by atoms with Crippen LogP contribution in [-0.2, 0) is 6.54 Å². The van der Waals surface area contributed by atoms with Gasteiger partial charge in [-0.3, -0.25) is 4.98 Å². The maximum Gasteiger partial charge on any atom is 0.143 e. The van der Waals surface area contributed by atoms with Gasteiger partial charge in [0.15, 0.2) is 0 Å². The Morgan fingerprint density at radius 1 is 1.26 bits per heavy atom. The van der Waals surface area contributed by atoms with Crippen LogP contribution >= 0.6 is 0 Å². The molecule has 96 valence electrons. The van der Waals surface area contributed by atoms with Gasteiger partial charge in [-0.05, 0) is 37.6 Å². The minimum Gasteiger partial charge on any atom is -0.397 e. The first-order chi connectivity index (χ1) is 9.20. The first-order valence-electron chi connectivity index (χ1n) is 6.37. The number of aryl methyl sites for hydroxylation is 2. The molecule has 0 saturated heterocycles. The summed E-state index contributed by atoms with van der Waals surface area (Å²) in [5.41, 5.74) is 11.0. The van der Waals surface area contributed by atoms with E-state index in [4.69, 9.17) is 10.7 Å². The number of hydrogen-bond donors (Lipinski definition) is 1. The molecule has 0 saturated carbocycles. The molecule has 2 heterocycles.